The molecule has 198 valence electrons. The van der Waals surface area contributed by atoms with Crippen molar-refractivity contribution in [2.24, 2.45) is 11.3 Å². The second kappa shape index (κ2) is 10.9. The van der Waals surface area contributed by atoms with Gasteiger partial charge in [0.25, 0.3) is 0 Å². The Balaban J connectivity index is 1.91. The summed E-state index contributed by atoms with van der Waals surface area (Å²) in [6.07, 6.45) is 0.476. The van der Waals surface area contributed by atoms with Crippen molar-refractivity contribution >= 4 is 29.2 Å². The molecular weight excluding hydrogens is 527 g/mol. The summed E-state index contributed by atoms with van der Waals surface area (Å²) >= 11 is 12.2. The van der Waals surface area contributed by atoms with Crippen LogP contribution in [-0.4, -0.2) is 17.5 Å². The molecule has 4 rings (SSSR count). The van der Waals surface area contributed by atoms with E-state index >= 15 is 8.78 Å². The molecule has 1 aliphatic heterocycles. The second-order valence-electron chi connectivity index (χ2n) is 10.9. The first-order chi connectivity index (χ1) is 18.0. The molecule has 0 aromatic heterocycles. The predicted octanol–water partition coefficient (Wildman–Crippen LogP) is 8.05. The van der Waals surface area contributed by atoms with Crippen molar-refractivity contribution in [3.05, 3.63) is 105 Å². The third-order valence-electron chi connectivity index (χ3n) is 7.05. The average molecular weight is 556 g/mol. The van der Waals surface area contributed by atoms with Crippen molar-refractivity contribution in [3.8, 4) is 6.07 Å². The van der Waals surface area contributed by atoms with E-state index in [0.717, 1.165) is 11.6 Å². The van der Waals surface area contributed by atoms with E-state index in [1.54, 1.807) is 6.07 Å². The number of hydrogen-bond donors (Lipinski definition) is 1. The Morgan fingerprint density at radius 1 is 1.11 bits per heavy atom. The van der Waals surface area contributed by atoms with Gasteiger partial charge >= 0.3 is 6.03 Å². The van der Waals surface area contributed by atoms with Crippen LogP contribution in [0.4, 0.5) is 13.6 Å². The molecule has 1 saturated heterocycles. The molecule has 0 unspecified atom stereocenters. The summed E-state index contributed by atoms with van der Waals surface area (Å²) in [7, 11) is 0. The van der Waals surface area contributed by atoms with E-state index in [0.29, 0.717) is 6.42 Å². The van der Waals surface area contributed by atoms with Crippen molar-refractivity contribution in [2.75, 3.05) is 6.54 Å². The Hall–Kier alpha value is -3.14. The van der Waals surface area contributed by atoms with Crippen LogP contribution in [0.3, 0.4) is 0 Å². The van der Waals surface area contributed by atoms with E-state index in [1.807, 2.05) is 51.1 Å². The lowest BCUT2D eigenvalue weighted by atomic mass is 9.63. The van der Waals surface area contributed by atoms with E-state index in [2.05, 4.69) is 11.4 Å². The molecule has 3 atom stereocenters. The molecule has 3 aromatic carbocycles. The molecule has 0 saturated carbocycles. The van der Waals surface area contributed by atoms with Crippen LogP contribution in [-0.2, 0) is 12.0 Å². The normalized spacial score (nSPS) is 21.3. The number of urea groups is 1. The first kappa shape index (κ1) is 27.9. The van der Waals surface area contributed by atoms with Gasteiger partial charge in [-0.25, -0.2) is 13.6 Å². The van der Waals surface area contributed by atoms with Gasteiger partial charge in [-0.05, 0) is 35.6 Å². The third kappa shape index (κ3) is 5.36. The fourth-order valence-corrected chi connectivity index (χ4v) is 5.89. The van der Waals surface area contributed by atoms with E-state index in [4.69, 9.17) is 23.2 Å². The molecule has 1 fully saturated rings. The minimum atomic E-state index is -1.61. The number of nitrogens with one attached hydrogen (secondary N) is 1. The van der Waals surface area contributed by atoms with E-state index < -0.39 is 35.0 Å². The van der Waals surface area contributed by atoms with Gasteiger partial charge in [0.2, 0.25) is 0 Å². The van der Waals surface area contributed by atoms with Gasteiger partial charge in [0.1, 0.15) is 17.0 Å². The molecule has 4 nitrogen and oxygen atoms in total. The highest BCUT2D eigenvalue weighted by Gasteiger charge is 2.60. The maximum atomic E-state index is 15.7. The highest BCUT2D eigenvalue weighted by Crippen LogP contribution is 2.56. The van der Waals surface area contributed by atoms with Crippen LogP contribution < -0.4 is 5.32 Å². The Labute approximate surface area is 232 Å². The van der Waals surface area contributed by atoms with E-state index in [9.17, 15) is 10.1 Å². The molecule has 38 heavy (non-hydrogen) atoms. The van der Waals surface area contributed by atoms with Crippen molar-refractivity contribution in [2.45, 2.75) is 45.2 Å². The summed E-state index contributed by atoms with van der Waals surface area (Å²) < 4.78 is 31.3. The van der Waals surface area contributed by atoms with Gasteiger partial charge < -0.3 is 10.2 Å². The first-order valence-electron chi connectivity index (χ1n) is 12.4. The standard InChI is InChI=1S/C30H29Cl2F2N3O/c1-29(2,3)15-20-17-37(28(38)36-16-19-8-5-4-6-9-19)27(22-10-7-11-24(32)26(22)34)30(20,18-35)23-13-12-21(31)14-25(23)33/h4-14,20,27H,15-17H2,1-3H3,(H,36,38)/t20-,27-,30-/m1/s1. The van der Waals surface area contributed by atoms with Gasteiger partial charge in [0.15, 0.2) is 0 Å². The second-order valence-corrected chi connectivity index (χ2v) is 11.8. The molecule has 0 radical (unpaired) electrons. The van der Waals surface area contributed by atoms with Gasteiger partial charge in [-0.3, -0.25) is 0 Å². The molecule has 3 aromatic rings. The van der Waals surface area contributed by atoms with Crippen LogP contribution in [0.2, 0.25) is 10.0 Å². The Bertz CT molecular complexity index is 1370. The predicted molar refractivity (Wildman–Crippen MR) is 146 cm³/mol. The Morgan fingerprint density at radius 3 is 2.45 bits per heavy atom. The zero-order valence-corrected chi connectivity index (χ0v) is 23.0. The SMILES string of the molecule is CC(C)(C)C[C@@H]1CN(C(=O)NCc2ccccc2)[C@H](c2cccc(Cl)c2F)[C@@]1(C#N)c1ccc(Cl)cc1F. The van der Waals surface area contributed by atoms with Crippen LogP contribution in [0, 0.1) is 34.3 Å². The zero-order chi connectivity index (χ0) is 27.7. The van der Waals surface area contributed by atoms with Crippen molar-refractivity contribution in [3.63, 3.8) is 0 Å². The third-order valence-corrected chi connectivity index (χ3v) is 7.58. The number of hydrogen-bond acceptors (Lipinski definition) is 2. The number of amides is 2. The molecule has 0 aliphatic carbocycles. The van der Waals surface area contributed by atoms with Crippen molar-refractivity contribution in [1.29, 1.82) is 5.26 Å². The van der Waals surface area contributed by atoms with Crippen LogP contribution in [0.5, 0.6) is 0 Å². The molecule has 0 bridgehead atoms. The monoisotopic (exact) mass is 555 g/mol. The number of nitriles is 1. The van der Waals surface area contributed by atoms with Crippen LogP contribution >= 0.6 is 23.2 Å². The van der Waals surface area contributed by atoms with Gasteiger partial charge in [-0.1, -0.05) is 92.5 Å². The number of benzene rings is 3. The summed E-state index contributed by atoms with van der Waals surface area (Å²) in [5.41, 5.74) is -0.880. The summed E-state index contributed by atoms with van der Waals surface area (Å²) in [6.45, 7) is 6.39. The van der Waals surface area contributed by atoms with Gasteiger partial charge in [0.05, 0.1) is 17.1 Å². The molecular formula is C30H29Cl2F2N3O. The Kier molecular flexibility index (Phi) is 8.01. The van der Waals surface area contributed by atoms with E-state index in [-0.39, 0.29) is 39.7 Å². The average Bonchev–Trinajstić information content (AvgIpc) is 3.17. The van der Waals surface area contributed by atoms with Crippen LogP contribution in [0.1, 0.15) is 49.9 Å². The van der Waals surface area contributed by atoms with Crippen LogP contribution in [0.25, 0.3) is 0 Å². The zero-order valence-electron chi connectivity index (χ0n) is 21.4. The summed E-state index contributed by atoms with van der Waals surface area (Å²) in [4.78, 5) is 15.2. The topological polar surface area (TPSA) is 56.1 Å². The van der Waals surface area contributed by atoms with Gasteiger partial charge in [-0.2, -0.15) is 5.26 Å². The first-order valence-corrected chi connectivity index (χ1v) is 13.1. The minimum Gasteiger partial charge on any atom is -0.334 e. The van der Waals surface area contributed by atoms with Crippen LogP contribution in [0.15, 0.2) is 66.7 Å². The summed E-state index contributed by atoms with van der Waals surface area (Å²) in [5.74, 6) is -1.95. The maximum Gasteiger partial charge on any atom is 0.318 e. The van der Waals surface area contributed by atoms with Crippen molar-refractivity contribution < 1.29 is 13.6 Å². The lowest BCUT2D eigenvalue weighted by molar-refractivity contribution is 0.184. The lowest BCUT2D eigenvalue weighted by Crippen LogP contribution is -2.44. The number of halogens is 4. The lowest BCUT2D eigenvalue weighted by Gasteiger charge is -2.38. The molecule has 1 N–H and O–H groups in total. The highest BCUT2D eigenvalue weighted by atomic mass is 35.5. The summed E-state index contributed by atoms with van der Waals surface area (Å²) in [6, 6.07) is 18.7. The maximum absolute atomic E-state index is 15.7. The van der Waals surface area contributed by atoms with Crippen molar-refractivity contribution in [1.82, 2.24) is 10.2 Å². The molecule has 2 amide bonds. The van der Waals surface area contributed by atoms with E-state index in [1.165, 1.54) is 29.2 Å². The number of nitrogens with zero attached hydrogens (tertiary/aromatic N) is 2. The summed E-state index contributed by atoms with van der Waals surface area (Å²) in [5, 5.41) is 13.8. The number of carbonyl (C=O) groups excluding carboxylic acids is 1. The fourth-order valence-electron chi connectivity index (χ4n) is 5.55. The molecule has 1 aliphatic rings. The molecule has 1 heterocycles. The van der Waals surface area contributed by atoms with Gasteiger partial charge in [0, 0.05) is 35.2 Å². The quantitative estimate of drug-likeness (QED) is 0.346. The molecule has 8 heteroatoms. The number of carbonyl (C=O) groups is 1. The minimum absolute atomic E-state index is 0.0553. The highest BCUT2D eigenvalue weighted by molar-refractivity contribution is 6.31. The Morgan fingerprint density at radius 2 is 1.82 bits per heavy atom. The molecule has 0 spiro atoms. The largest absolute Gasteiger partial charge is 0.334 e. The number of rotatable bonds is 5. The fraction of sp³-hybridized carbons (Fsp3) is 0.333. The number of likely N-dealkylation sites (tertiary alicyclic amines) is 1. The van der Waals surface area contributed by atoms with Gasteiger partial charge in [-0.15, -0.1) is 0 Å². The smallest absolute Gasteiger partial charge is 0.318 e.